The first-order chi connectivity index (χ1) is 16.3. The second kappa shape index (κ2) is 10.7. The van der Waals surface area contributed by atoms with Gasteiger partial charge in [-0.3, -0.25) is 9.18 Å². The van der Waals surface area contributed by atoms with Crippen LogP contribution in [0.15, 0.2) is 48.5 Å². The average Bonchev–Trinajstić information content (AvgIpc) is 3.14. The Morgan fingerprint density at radius 2 is 1.97 bits per heavy atom. The minimum atomic E-state index is -0.529. The molecule has 2 aromatic carbocycles. The lowest BCUT2D eigenvalue weighted by Gasteiger charge is -2.18. The van der Waals surface area contributed by atoms with E-state index in [1.54, 1.807) is 0 Å². The fourth-order valence-electron chi connectivity index (χ4n) is 4.70. The van der Waals surface area contributed by atoms with Gasteiger partial charge < -0.3 is 15.0 Å². The Hall–Kier alpha value is -2.66. The summed E-state index contributed by atoms with van der Waals surface area (Å²) >= 11 is 0. The van der Waals surface area contributed by atoms with Crippen LogP contribution >= 0.6 is 0 Å². The highest BCUT2D eigenvalue weighted by Gasteiger charge is 2.25. The summed E-state index contributed by atoms with van der Waals surface area (Å²) in [6.45, 7) is 8.22. The van der Waals surface area contributed by atoms with Crippen molar-refractivity contribution in [2.24, 2.45) is 5.41 Å². The number of rotatable bonds is 7. The fraction of sp³-hybridized carbons (Fsp3) is 0.483. The zero-order valence-electron chi connectivity index (χ0n) is 20.7. The van der Waals surface area contributed by atoms with E-state index in [2.05, 4.69) is 46.6 Å². The van der Waals surface area contributed by atoms with Crippen LogP contribution in [0.2, 0.25) is 0 Å². The number of anilines is 1. The van der Waals surface area contributed by atoms with Crippen molar-refractivity contribution in [1.82, 2.24) is 4.90 Å². The van der Waals surface area contributed by atoms with Gasteiger partial charge in [-0.05, 0) is 99.4 Å². The number of benzene rings is 2. The Bertz CT molecular complexity index is 1020. The first kappa shape index (κ1) is 24.5. The number of esters is 1. The van der Waals surface area contributed by atoms with E-state index in [0.29, 0.717) is 18.2 Å². The van der Waals surface area contributed by atoms with Crippen molar-refractivity contribution >= 4 is 17.2 Å². The Labute approximate surface area is 203 Å². The Kier molecular flexibility index (Phi) is 7.72. The molecule has 0 radical (unpaired) electrons. The van der Waals surface area contributed by atoms with Crippen LogP contribution in [-0.4, -0.2) is 43.2 Å². The van der Waals surface area contributed by atoms with Crippen molar-refractivity contribution < 1.29 is 13.9 Å². The summed E-state index contributed by atoms with van der Waals surface area (Å²) < 4.78 is 18.1. The molecule has 4 rings (SSSR count). The van der Waals surface area contributed by atoms with Crippen molar-refractivity contribution in [2.75, 3.05) is 31.6 Å². The molecule has 34 heavy (non-hydrogen) atoms. The molecular formula is C29H37FN2O2. The summed E-state index contributed by atoms with van der Waals surface area (Å²) in [5.74, 6) is 0.407. The molecule has 4 nitrogen and oxygen atoms in total. The lowest BCUT2D eigenvalue weighted by molar-refractivity contribution is -0.143. The van der Waals surface area contributed by atoms with Crippen LogP contribution in [-0.2, 0) is 11.2 Å². The van der Waals surface area contributed by atoms with E-state index >= 15 is 0 Å². The van der Waals surface area contributed by atoms with Crippen molar-refractivity contribution in [1.29, 1.82) is 0 Å². The monoisotopic (exact) mass is 464 g/mol. The van der Waals surface area contributed by atoms with Gasteiger partial charge in [-0.2, -0.15) is 0 Å². The number of allylic oxidation sites excluding steroid dienone is 1. The van der Waals surface area contributed by atoms with E-state index in [1.807, 2.05) is 32.9 Å². The maximum Gasteiger partial charge on any atom is 0.316 e. The third kappa shape index (κ3) is 6.06. The number of ether oxygens (including phenoxy) is 1. The standard InChI is InChI=1S/C29H37FN2O2/c1-29(2,3)28(33)34-25-13-14-27-22(19-25)7-4-5-8-26(27)21-9-11-23(12-10-21)31-24-15-18-32(20-24)17-6-16-30/h8-14,19,24,31H,4-7,15-18,20H2,1-3H3/t24-/m0/s1. The van der Waals surface area contributed by atoms with Gasteiger partial charge in [-0.1, -0.05) is 24.3 Å². The number of nitrogens with one attached hydrogen (secondary N) is 1. The lowest BCUT2D eigenvalue weighted by atomic mass is 9.93. The quantitative estimate of drug-likeness (QED) is 0.388. The number of aryl methyl sites for hydroxylation is 1. The average molecular weight is 465 g/mol. The topological polar surface area (TPSA) is 41.6 Å². The van der Waals surface area contributed by atoms with Crippen molar-refractivity contribution in [3.8, 4) is 5.75 Å². The summed E-state index contributed by atoms with van der Waals surface area (Å²) in [7, 11) is 0. The number of carbonyl (C=O) groups excluding carboxylic acids is 1. The van der Waals surface area contributed by atoms with E-state index < -0.39 is 5.41 Å². The molecule has 2 aromatic rings. The zero-order chi connectivity index (χ0) is 24.1. The van der Waals surface area contributed by atoms with Gasteiger partial charge in [-0.15, -0.1) is 0 Å². The van der Waals surface area contributed by atoms with Gasteiger partial charge in [0.2, 0.25) is 0 Å². The van der Waals surface area contributed by atoms with E-state index in [1.165, 1.54) is 22.3 Å². The largest absolute Gasteiger partial charge is 0.426 e. The van der Waals surface area contributed by atoms with Gasteiger partial charge in [-0.25, -0.2) is 0 Å². The zero-order valence-corrected chi connectivity index (χ0v) is 20.7. The van der Waals surface area contributed by atoms with Crippen LogP contribution in [0.1, 0.15) is 63.1 Å². The molecular weight excluding hydrogens is 427 g/mol. The lowest BCUT2D eigenvalue weighted by Crippen LogP contribution is -2.27. The maximum atomic E-state index is 12.4. The number of halogens is 1. The van der Waals surface area contributed by atoms with Crippen LogP contribution in [0, 0.1) is 5.41 Å². The van der Waals surface area contributed by atoms with E-state index in [0.717, 1.165) is 51.0 Å². The molecule has 1 atom stereocenters. The molecule has 1 heterocycles. The molecule has 1 aliphatic carbocycles. The van der Waals surface area contributed by atoms with Gasteiger partial charge in [0, 0.05) is 31.4 Å². The molecule has 0 amide bonds. The Morgan fingerprint density at radius 1 is 1.18 bits per heavy atom. The first-order valence-corrected chi connectivity index (χ1v) is 12.5. The second-order valence-electron chi connectivity index (χ2n) is 10.5. The smallest absolute Gasteiger partial charge is 0.316 e. The molecule has 5 heteroatoms. The van der Waals surface area contributed by atoms with Gasteiger partial charge >= 0.3 is 5.97 Å². The van der Waals surface area contributed by atoms with E-state index in [4.69, 9.17) is 4.74 Å². The van der Waals surface area contributed by atoms with E-state index in [-0.39, 0.29) is 12.6 Å². The fourth-order valence-corrected chi connectivity index (χ4v) is 4.70. The summed E-state index contributed by atoms with van der Waals surface area (Å²) in [6, 6.07) is 15.1. The van der Waals surface area contributed by atoms with Crippen LogP contribution in [0.4, 0.5) is 10.1 Å². The molecule has 0 aromatic heterocycles. The minimum absolute atomic E-state index is 0.215. The number of nitrogens with zero attached hydrogens (tertiary/aromatic N) is 1. The van der Waals surface area contributed by atoms with Crippen molar-refractivity contribution in [3.63, 3.8) is 0 Å². The molecule has 1 aliphatic heterocycles. The molecule has 182 valence electrons. The van der Waals surface area contributed by atoms with Crippen LogP contribution in [0.5, 0.6) is 5.75 Å². The van der Waals surface area contributed by atoms with Gasteiger partial charge in [0.1, 0.15) is 5.75 Å². The summed E-state index contributed by atoms with van der Waals surface area (Å²) in [6.07, 6.45) is 7.11. The molecule has 0 bridgehead atoms. The van der Waals surface area contributed by atoms with Crippen LogP contribution in [0.3, 0.4) is 0 Å². The molecule has 0 unspecified atom stereocenters. The molecule has 0 saturated carbocycles. The number of hydrogen-bond donors (Lipinski definition) is 1. The highest BCUT2D eigenvalue weighted by molar-refractivity contribution is 5.83. The SMILES string of the molecule is CC(C)(C)C(=O)Oc1ccc2c(c1)CCCC=C2c1ccc(N[C@H]2CCN(CCCF)C2)cc1. The first-order valence-electron chi connectivity index (χ1n) is 12.5. The normalized spacial score (nSPS) is 18.7. The minimum Gasteiger partial charge on any atom is -0.426 e. The van der Waals surface area contributed by atoms with E-state index in [9.17, 15) is 9.18 Å². The third-order valence-corrected chi connectivity index (χ3v) is 6.64. The van der Waals surface area contributed by atoms with Crippen molar-refractivity contribution in [2.45, 2.75) is 58.9 Å². The number of likely N-dealkylation sites (tertiary alicyclic amines) is 1. The molecule has 2 aliphatic rings. The third-order valence-electron chi connectivity index (χ3n) is 6.64. The maximum absolute atomic E-state index is 12.4. The highest BCUT2D eigenvalue weighted by Crippen LogP contribution is 2.34. The second-order valence-corrected chi connectivity index (χ2v) is 10.5. The van der Waals surface area contributed by atoms with Crippen LogP contribution < -0.4 is 10.1 Å². The number of carbonyl (C=O) groups is 1. The predicted molar refractivity (Wildman–Crippen MR) is 137 cm³/mol. The van der Waals surface area contributed by atoms with Gasteiger partial charge in [0.05, 0.1) is 12.1 Å². The summed E-state index contributed by atoms with van der Waals surface area (Å²) in [5.41, 5.74) is 5.48. The number of alkyl halides is 1. The summed E-state index contributed by atoms with van der Waals surface area (Å²) in [5, 5.41) is 3.64. The number of hydrogen-bond acceptors (Lipinski definition) is 4. The molecule has 1 N–H and O–H groups in total. The van der Waals surface area contributed by atoms with Crippen LogP contribution in [0.25, 0.3) is 5.57 Å². The van der Waals surface area contributed by atoms with Gasteiger partial charge in [0.15, 0.2) is 0 Å². The number of fused-ring (bicyclic) bond motifs is 1. The Morgan fingerprint density at radius 3 is 2.71 bits per heavy atom. The highest BCUT2D eigenvalue weighted by atomic mass is 19.1. The molecule has 1 fully saturated rings. The summed E-state index contributed by atoms with van der Waals surface area (Å²) in [4.78, 5) is 14.7. The Balaban J connectivity index is 1.45. The molecule has 0 spiro atoms. The van der Waals surface area contributed by atoms with Crippen molar-refractivity contribution in [3.05, 3.63) is 65.2 Å². The predicted octanol–water partition coefficient (Wildman–Crippen LogP) is 6.25. The van der Waals surface area contributed by atoms with Gasteiger partial charge in [0.25, 0.3) is 0 Å². The molecule has 1 saturated heterocycles.